The molecule has 278 valence electrons. The second-order valence-corrected chi connectivity index (χ2v) is 13.0. The number of rotatable bonds is 15. The maximum Gasteiger partial charge on any atom is 0.432 e. The molecule has 0 saturated carbocycles. The van der Waals surface area contributed by atoms with Crippen LogP contribution in [0.1, 0.15) is 66.9 Å². The van der Waals surface area contributed by atoms with Crippen molar-refractivity contribution >= 4 is 42.1 Å². The third kappa shape index (κ3) is 15.7. The number of alkyl carbamates (subject to hydrolysis) is 1. The van der Waals surface area contributed by atoms with E-state index in [9.17, 15) is 33.6 Å². The molecule has 1 aromatic rings. The fourth-order valence-corrected chi connectivity index (χ4v) is 4.37. The first-order chi connectivity index (χ1) is 23.4. The normalized spacial score (nSPS) is 15.1. The van der Waals surface area contributed by atoms with Gasteiger partial charge in [-0.2, -0.15) is 0 Å². The molecule has 1 aromatic carbocycles. The largest absolute Gasteiger partial charge is 0.444 e. The van der Waals surface area contributed by atoms with Gasteiger partial charge in [-0.1, -0.05) is 30.3 Å². The van der Waals surface area contributed by atoms with Gasteiger partial charge < -0.3 is 51.7 Å². The number of amides is 10. The van der Waals surface area contributed by atoms with E-state index < -0.39 is 65.8 Å². The van der Waals surface area contributed by atoms with Crippen molar-refractivity contribution in [1.29, 1.82) is 0 Å². The molecule has 10 amide bonds. The van der Waals surface area contributed by atoms with Gasteiger partial charge in [-0.15, -0.1) is 5.06 Å². The fourth-order valence-electron chi connectivity index (χ4n) is 4.37. The first-order valence-electron chi connectivity index (χ1n) is 16.4. The van der Waals surface area contributed by atoms with Gasteiger partial charge in [-0.05, 0) is 54.0 Å². The molecule has 1 aliphatic rings. The smallest absolute Gasteiger partial charge is 0.432 e. The highest BCUT2D eigenvalue weighted by Crippen LogP contribution is 2.13. The van der Waals surface area contributed by atoms with Crippen LogP contribution >= 0.6 is 0 Å². The minimum Gasteiger partial charge on any atom is -0.444 e. The second kappa shape index (κ2) is 19.6. The van der Waals surface area contributed by atoms with Crippen LogP contribution in [0.2, 0.25) is 0 Å². The zero-order chi connectivity index (χ0) is 37.4. The maximum atomic E-state index is 13.3. The average Bonchev–Trinajstić information content (AvgIpc) is 3.34. The van der Waals surface area contributed by atoms with Crippen molar-refractivity contribution < 1.29 is 43.1 Å². The number of nitrogens with zero attached hydrogens (tertiary/aromatic N) is 2. The topological polar surface area (TPSA) is 229 Å². The van der Waals surface area contributed by atoms with Crippen molar-refractivity contribution in [3.05, 3.63) is 35.9 Å². The van der Waals surface area contributed by atoms with E-state index in [1.165, 1.54) is 4.90 Å². The van der Waals surface area contributed by atoms with Crippen molar-refractivity contribution in [2.75, 3.05) is 26.2 Å². The van der Waals surface area contributed by atoms with Gasteiger partial charge >= 0.3 is 30.3 Å². The van der Waals surface area contributed by atoms with Crippen LogP contribution in [0.15, 0.2) is 30.3 Å². The molecular weight excluding hydrogens is 654 g/mol. The van der Waals surface area contributed by atoms with Crippen LogP contribution < -0.4 is 37.2 Å². The summed E-state index contributed by atoms with van der Waals surface area (Å²) in [7, 11) is 0. The summed E-state index contributed by atoms with van der Waals surface area (Å²) in [6, 6.07) is 5.89. The van der Waals surface area contributed by atoms with Crippen LogP contribution in [-0.4, -0.2) is 108 Å². The average molecular weight is 706 g/mol. The summed E-state index contributed by atoms with van der Waals surface area (Å²) >= 11 is 0. The lowest BCUT2D eigenvalue weighted by Crippen LogP contribution is -2.53. The quantitative estimate of drug-likeness (QED) is 0.132. The minimum atomic E-state index is -1.00. The summed E-state index contributed by atoms with van der Waals surface area (Å²) < 4.78 is 5.19. The van der Waals surface area contributed by atoms with E-state index >= 15 is 0 Å². The molecule has 1 aliphatic heterocycles. The highest BCUT2D eigenvalue weighted by molar-refractivity contribution is 6.01. The maximum absolute atomic E-state index is 13.3. The van der Waals surface area contributed by atoms with Crippen LogP contribution in [0, 0.1) is 0 Å². The van der Waals surface area contributed by atoms with Crippen LogP contribution in [0.5, 0.6) is 0 Å². The number of carbonyl (C=O) groups excluding carboxylic acids is 7. The Morgan fingerprint density at radius 2 is 1.22 bits per heavy atom. The predicted octanol–water partition coefficient (Wildman–Crippen LogP) is 1.67. The molecule has 1 heterocycles. The number of hydroxylamine groups is 2. The first-order valence-corrected chi connectivity index (χ1v) is 16.4. The Bertz CT molecular complexity index is 1320. The second-order valence-electron chi connectivity index (χ2n) is 13.0. The zero-order valence-electron chi connectivity index (χ0n) is 29.7. The van der Waals surface area contributed by atoms with E-state index in [2.05, 4.69) is 37.2 Å². The van der Waals surface area contributed by atoms with Crippen molar-refractivity contribution in [3.8, 4) is 0 Å². The Kier molecular flexibility index (Phi) is 16.1. The predicted molar refractivity (Wildman–Crippen MR) is 181 cm³/mol. The molecule has 1 saturated heterocycles. The van der Waals surface area contributed by atoms with Crippen LogP contribution in [0.4, 0.5) is 24.0 Å². The molecule has 18 nitrogen and oxygen atoms in total. The number of urea groups is 3. The van der Waals surface area contributed by atoms with Gasteiger partial charge in [0.25, 0.3) is 11.8 Å². The third-order valence-electron chi connectivity index (χ3n) is 6.93. The van der Waals surface area contributed by atoms with Gasteiger partial charge in [-0.3, -0.25) is 9.59 Å². The monoisotopic (exact) mass is 705 g/mol. The molecule has 0 bridgehead atoms. The molecule has 0 radical (unpaired) electrons. The van der Waals surface area contributed by atoms with E-state index in [1.807, 2.05) is 30.3 Å². The van der Waals surface area contributed by atoms with Crippen molar-refractivity contribution in [1.82, 2.24) is 47.2 Å². The first kappa shape index (κ1) is 40.9. The Labute approximate surface area is 292 Å². The molecular formula is C32H51N9O9. The van der Waals surface area contributed by atoms with Gasteiger partial charge in [0.15, 0.2) is 0 Å². The van der Waals surface area contributed by atoms with Crippen LogP contribution in [0.3, 0.4) is 0 Å². The fraction of sp³-hybridized carbons (Fsp3) is 0.594. The zero-order valence-corrected chi connectivity index (χ0v) is 29.7. The number of ether oxygens (including phenoxy) is 1. The minimum absolute atomic E-state index is 0.0316. The van der Waals surface area contributed by atoms with E-state index in [4.69, 9.17) is 9.57 Å². The van der Waals surface area contributed by atoms with Crippen molar-refractivity contribution in [2.24, 2.45) is 0 Å². The van der Waals surface area contributed by atoms with E-state index in [1.54, 1.807) is 48.5 Å². The Morgan fingerprint density at radius 1 is 0.720 bits per heavy atom. The molecule has 18 heteroatoms. The number of nitrogens with one attached hydrogen (secondary N) is 7. The summed E-state index contributed by atoms with van der Waals surface area (Å²) in [5.41, 5.74) is 0.193. The Morgan fingerprint density at radius 3 is 1.74 bits per heavy atom. The molecule has 1 fully saturated rings. The molecule has 50 heavy (non-hydrogen) atoms. The number of benzene rings is 1. The highest BCUT2D eigenvalue weighted by atomic mass is 16.7. The third-order valence-corrected chi connectivity index (χ3v) is 6.93. The number of imide groups is 1. The van der Waals surface area contributed by atoms with Crippen molar-refractivity contribution in [3.63, 3.8) is 0 Å². The lowest BCUT2D eigenvalue weighted by Gasteiger charge is -2.30. The molecule has 0 unspecified atom stereocenters. The highest BCUT2D eigenvalue weighted by Gasteiger charge is 2.33. The Balaban J connectivity index is 1.77. The van der Waals surface area contributed by atoms with Crippen LogP contribution in [-0.2, 0) is 25.7 Å². The summed E-state index contributed by atoms with van der Waals surface area (Å²) in [4.78, 5) is 91.9. The molecule has 7 N–H and O–H groups in total. The summed E-state index contributed by atoms with van der Waals surface area (Å²) in [6.45, 7) is 12.6. The summed E-state index contributed by atoms with van der Waals surface area (Å²) in [5, 5.41) is 19.1. The molecule has 4 atom stereocenters. The SMILES string of the molecule is C[C@@H](CNC(=O)N[C@@H](C)CNC(=O)N(Cc1ccccc1)[C@@H](C)CNC(=O)ON1C(=O)CCC1=O)NC(=O)NC[C@H](C)NC(=O)OC(C)(C)C. The lowest BCUT2D eigenvalue weighted by molar-refractivity contribution is -0.171. The number of carbonyl (C=O) groups is 7. The van der Waals surface area contributed by atoms with Gasteiger partial charge in [0.05, 0.1) is 0 Å². The van der Waals surface area contributed by atoms with E-state index in [0.29, 0.717) is 5.06 Å². The molecule has 0 aromatic heterocycles. The van der Waals surface area contributed by atoms with Gasteiger partial charge in [0, 0.05) is 69.7 Å². The van der Waals surface area contributed by atoms with E-state index in [-0.39, 0.29) is 51.6 Å². The van der Waals surface area contributed by atoms with Gasteiger partial charge in [0.2, 0.25) is 0 Å². The molecule has 0 aliphatic carbocycles. The standard InChI is InChI=1S/C32H51N9O9/c1-20(37-28(45)34-16-22(3)39-31(48)49-32(5,6)7)15-33-27(44)38-21(2)17-35-29(46)40(19-24-11-9-8-10-12-24)23(4)18-36-30(47)50-41-25(42)13-14-26(41)43/h8-12,20-23H,13-19H2,1-7H3,(H,35,46)(H,36,47)(H,39,48)(H2,33,38,44)(H2,34,37,45)/t20-,21-,22-,23-/m0/s1. The lowest BCUT2D eigenvalue weighted by atomic mass is 10.2. The molecule has 2 rings (SSSR count). The summed E-state index contributed by atoms with van der Waals surface area (Å²) in [6.07, 6.45) is -1.66. The number of hydrogen-bond donors (Lipinski definition) is 7. The summed E-state index contributed by atoms with van der Waals surface area (Å²) in [5.74, 6) is -1.21. The van der Waals surface area contributed by atoms with Crippen molar-refractivity contribution in [2.45, 2.75) is 97.6 Å². The van der Waals surface area contributed by atoms with E-state index in [0.717, 1.165) is 5.56 Å². The Hall–Kier alpha value is -5.29. The van der Waals surface area contributed by atoms with Crippen LogP contribution in [0.25, 0.3) is 0 Å². The molecule has 0 spiro atoms. The number of hydrogen-bond acceptors (Lipinski definition) is 9. The van der Waals surface area contributed by atoms with Gasteiger partial charge in [0.1, 0.15) is 5.60 Å². The van der Waals surface area contributed by atoms with Gasteiger partial charge in [-0.25, -0.2) is 24.0 Å².